The Balaban J connectivity index is 2.64. The molecular formula is C7H14N2O4S. The third kappa shape index (κ3) is 2.66. The van der Waals surface area contributed by atoms with E-state index in [-0.39, 0.29) is 0 Å². The molecule has 82 valence electrons. The standard InChI is InChI=1S/C7H14N2O4S/c1-6(14(8,11)12)7(10)9-2-4-13-5-3-9/h6H,2-5H2,1H3,(H2,8,11,12). The van der Waals surface area contributed by atoms with Crippen LogP contribution in [0.1, 0.15) is 6.92 Å². The molecule has 1 amide bonds. The third-order valence-electron chi connectivity index (χ3n) is 2.16. The first-order chi connectivity index (χ1) is 6.43. The fraction of sp³-hybridized carbons (Fsp3) is 0.857. The number of carbonyl (C=O) groups is 1. The molecule has 1 heterocycles. The fourth-order valence-electron chi connectivity index (χ4n) is 1.18. The molecule has 1 saturated heterocycles. The van der Waals surface area contributed by atoms with Gasteiger partial charge in [0.25, 0.3) is 0 Å². The number of primary sulfonamides is 1. The highest BCUT2D eigenvalue weighted by Crippen LogP contribution is 2.04. The van der Waals surface area contributed by atoms with Crippen molar-refractivity contribution in [1.29, 1.82) is 0 Å². The number of sulfonamides is 1. The highest BCUT2D eigenvalue weighted by Gasteiger charge is 2.29. The zero-order valence-electron chi connectivity index (χ0n) is 7.97. The maximum Gasteiger partial charge on any atom is 0.242 e. The smallest absolute Gasteiger partial charge is 0.242 e. The summed E-state index contributed by atoms with van der Waals surface area (Å²) in [6.45, 7) is 3.05. The molecule has 7 heteroatoms. The van der Waals surface area contributed by atoms with Gasteiger partial charge in [-0.25, -0.2) is 13.6 Å². The lowest BCUT2D eigenvalue weighted by Gasteiger charge is -2.28. The number of rotatable bonds is 2. The van der Waals surface area contributed by atoms with Gasteiger partial charge in [0.15, 0.2) is 5.25 Å². The Bertz CT molecular complexity index is 308. The summed E-state index contributed by atoms with van der Waals surface area (Å²) >= 11 is 0. The Morgan fingerprint density at radius 3 is 2.36 bits per heavy atom. The largest absolute Gasteiger partial charge is 0.378 e. The van der Waals surface area contributed by atoms with Gasteiger partial charge in [-0.15, -0.1) is 0 Å². The van der Waals surface area contributed by atoms with Crippen LogP contribution < -0.4 is 5.14 Å². The predicted molar refractivity (Wildman–Crippen MR) is 50.0 cm³/mol. The van der Waals surface area contributed by atoms with Gasteiger partial charge in [0.1, 0.15) is 0 Å². The van der Waals surface area contributed by atoms with E-state index in [4.69, 9.17) is 9.88 Å². The molecule has 1 aliphatic heterocycles. The highest BCUT2D eigenvalue weighted by atomic mass is 32.2. The lowest BCUT2D eigenvalue weighted by molar-refractivity contribution is -0.134. The quantitative estimate of drug-likeness (QED) is 0.617. The van der Waals surface area contributed by atoms with Crippen LogP contribution in [0.2, 0.25) is 0 Å². The maximum absolute atomic E-state index is 11.6. The number of morpholine rings is 1. The molecule has 0 aromatic carbocycles. The average molecular weight is 222 g/mol. The van der Waals surface area contributed by atoms with Crippen molar-refractivity contribution in [2.24, 2.45) is 5.14 Å². The van der Waals surface area contributed by atoms with E-state index >= 15 is 0 Å². The first-order valence-electron chi connectivity index (χ1n) is 4.31. The monoisotopic (exact) mass is 222 g/mol. The van der Waals surface area contributed by atoms with Crippen molar-refractivity contribution in [1.82, 2.24) is 4.90 Å². The van der Waals surface area contributed by atoms with E-state index in [2.05, 4.69) is 0 Å². The summed E-state index contributed by atoms with van der Waals surface area (Å²) in [5.41, 5.74) is 0. The van der Waals surface area contributed by atoms with Crippen LogP contribution in [0.3, 0.4) is 0 Å². The lowest BCUT2D eigenvalue weighted by Crippen LogP contribution is -2.48. The molecule has 0 bridgehead atoms. The molecule has 6 nitrogen and oxygen atoms in total. The van der Waals surface area contributed by atoms with Crippen molar-refractivity contribution < 1.29 is 17.9 Å². The molecule has 0 spiro atoms. The van der Waals surface area contributed by atoms with E-state index in [9.17, 15) is 13.2 Å². The van der Waals surface area contributed by atoms with Crippen LogP contribution in [0.15, 0.2) is 0 Å². The number of carbonyl (C=O) groups excluding carboxylic acids is 1. The second-order valence-electron chi connectivity index (χ2n) is 3.17. The number of hydrogen-bond acceptors (Lipinski definition) is 4. The number of nitrogens with two attached hydrogens (primary N) is 1. The SMILES string of the molecule is CC(C(=O)N1CCOCC1)S(N)(=O)=O. The zero-order chi connectivity index (χ0) is 10.8. The van der Waals surface area contributed by atoms with Gasteiger partial charge in [-0.05, 0) is 6.92 Å². The second kappa shape index (κ2) is 4.24. The van der Waals surface area contributed by atoms with Crippen molar-refractivity contribution in [3.63, 3.8) is 0 Å². The molecule has 1 fully saturated rings. The van der Waals surface area contributed by atoms with E-state index in [0.29, 0.717) is 26.3 Å². The topological polar surface area (TPSA) is 89.7 Å². The molecule has 0 aromatic heterocycles. The maximum atomic E-state index is 11.6. The minimum Gasteiger partial charge on any atom is -0.378 e. The summed E-state index contributed by atoms with van der Waals surface area (Å²) in [7, 11) is -3.78. The molecule has 2 N–H and O–H groups in total. The molecule has 1 atom stereocenters. The van der Waals surface area contributed by atoms with E-state index in [1.807, 2.05) is 0 Å². The van der Waals surface area contributed by atoms with E-state index in [0.717, 1.165) is 0 Å². The van der Waals surface area contributed by atoms with E-state index in [1.165, 1.54) is 11.8 Å². The fourth-order valence-corrected chi connectivity index (χ4v) is 1.61. The number of amides is 1. The van der Waals surface area contributed by atoms with Crippen LogP contribution in [-0.2, 0) is 19.6 Å². The summed E-state index contributed by atoms with van der Waals surface area (Å²) in [6, 6.07) is 0. The first-order valence-corrected chi connectivity index (χ1v) is 5.92. The summed E-state index contributed by atoms with van der Waals surface area (Å²) < 4.78 is 26.9. The van der Waals surface area contributed by atoms with E-state index < -0.39 is 21.2 Å². The van der Waals surface area contributed by atoms with Gasteiger partial charge < -0.3 is 9.64 Å². The van der Waals surface area contributed by atoms with Crippen LogP contribution in [-0.4, -0.2) is 50.8 Å². The van der Waals surface area contributed by atoms with Crippen LogP contribution in [0.4, 0.5) is 0 Å². The summed E-state index contributed by atoms with van der Waals surface area (Å²) in [6.07, 6.45) is 0. The lowest BCUT2D eigenvalue weighted by atomic mass is 10.3. The minimum atomic E-state index is -3.78. The molecule has 0 aromatic rings. The molecule has 1 rings (SSSR count). The summed E-state index contributed by atoms with van der Waals surface area (Å²) in [4.78, 5) is 13.0. The zero-order valence-corrected chi connectivity index (χ0v) is 8.79. The van der Waals surface area contributed by atoms with Crippen molar-refractivity contribution in [3.05, 3.63) is 0 Å². The van der Waals surface area contributed by atoms with Crippen LogP contribution in [0.25, 0.3) is 0 Å². The highest BCUT2D eigenvalue weighted by molar-refractivity contribution is 7.90. The number of nitrogens with zero attached hydrogens (tertiary/aromatic N) is 1. The predicted octanol–water partition coefficient (Wildman–Crippen LogP) is -1.48. The van der Waals surface area contributed by atoms with Gasteiger partial charge >= 0.3 is 0 Å². The van der Waals surface area contributed by atoms with Crippen molar-refractivity contribution in [2.75, 3.05) is 26.3 Å². The van der Waals surface area contributed by atoms with Gasteiger partial charge in [0, 0.05) is 13.1 Å². The Labute approximate surface area is 83.1 Å². The third-order valence-corrected chi connectivity index (χ3v) is 3.35. The second-order valence-corrected chi connectivity index (χ2v) is 5.05. The Kier molecular flexibility index (Phi) is 3.46. The van der Waals surface area contributed by atoms with E-state index in [1.54, 1.807) is 0 Å². The minimum absolute atomic E-state index is 0.429. The van der Waals surface area contributed by atoms with Crippen molar-refractivity contribution >= 4 is 15.9 Å². The number of ether oxygens (including phenoxy) is 1. The average Bonchev–Trinajstić information content (AvgIpc) is 2.15. The normalized spacial score (nSPS) is 20.6. The summed E-state index contributed by atoms with van der Waals surface area (Å²) in [5.74, 6) is -0.448. The van der Waals surface area contributed by atoms with Gasteiger partial charge in [-0.3, -0.25) is 4.79 Å². The first kappa shape index (κ1) is 11.4. The Hall–Kier alpha value is -0.660. The molecule has 1 aliphatic rings. The molecular weight excluding hydrogens is 208 g/mol. The van der Waals surface area contributed by atoms with Gasteiger partial charge in [-0.2, -0.15) is 0 Å². The van der Waals surface area contributed by atoms with Gasteiger partial charge in [-0.1, -0.05) is 0 Å². The molecule has 0 saturated carbocycles. The van der Waals surface area contributed by atoms with Crippen molar-refractivity contribution in [2.45, 2.75) is 12.2 Å². The Morgan fingerprint density at radius 2 is 1.93 bits per heavy atom. The molecule has 14 heavy (non-hydrogen) atoms. The van der Waals surface area contributed by atoms with Crippen LogP contribution in [0, 0.1) is 0 Å². The molecule has 0 radical (unpaired) electrons. The van der Waals surface area contributed by atoms with Crippen LogP contribution in [0.5, 0.6) is 0 Å². The van der Waals surface area contributed by atoms with Crippen molar-refractivity contribution in [3.8, 4) is 0 Å². The summed E-state index contributed by atoms with van der Waals surface area (Å²) in [5, 5.41) is 3.71. The number of hydrogen-bond donors (Lipinski definition) is 1. The molecule has 0 aliphatic carbocycles. The van der Waals surface area contributed by atoms with Gasteiger partial charge in [0.2, 0.25) is 15.9 Å². The Morgan fingerprint density at radius 1 is 1.43 bits per heavy atom. The molecule has 1 unspecified atom stereocenters. The van der Waals surface area contributed by atoms with Gasteiger partial charge in [0.05, 0.1) is 13.2 Å². The van der Waals surface area contributed by atoms with Crippen LogP contribution >= 0.6 is 0 Å².